The standard InChI is InChI=1S/C18H13F3N4O/c19-18(20,21)10-26-9-12-4-3-5-13(8-12)16-23-17-14-6-1-2-7-15(14)22-11-25(17)24-16/h1-8,11H,9-10H2. The largest absolute Gasteiger partial charge is 0.411 e. The number of para-hydroxylation sites is 1. The van der Waals surface area contributed by atoms with Crippen LogP contribution >= 0.6 is 0 Å². The zero-order valence-electron chi connectivity index (χ0n) is 13.4. The topological polar surface area (TPSA) is 52.3 Å². The smallest absolute Gasteiger partial charge is 0.367 e. The molecule has 0 aliphatic rings. The van der Waals surface area contributed by atoms with Crippen LogP contribution in [0, 0.1) is 0 Å². The van der Waals surface area contributed by atoms with Gasteiger partial charge in [-0.3, -0.25) is 0 Å². The molecule has 0 amide bonds. The summed E-state index contributed by atoms with van der Waals surface area (Å²) >= 11 is 0. The van der Waals surface area contributed by atoms with Gasteiger partial charge in [-0.05, 0) is 23.8 Å². The molecule has 5 nitrogen and oxygen atoms in total. The van der Waals surface area contributed by atoms with Crippen molar-refractivity contribution in [1.29, 1.82) is 0 Å². The van der Waals surface area contributed by atoms with E-state index in [9.17, 15) is 13.2 Å². The lowest BCUT2D eigenvalue weighted by atomic mass is 10.1. The zero-order valence-corrected chi connectivity index (χ0v) is 13.4. The molecule has 0 saturated carbocycles. The van der Waals surface area contributed by atoms with Crippen LogP contribution in [0.5, 0.6) is 0 Å². The second kappa shape index (κ2) is 6.38. The highest BCUT2D eigenvalue weighted by atomic mass is 19.4. The van der Waals surface area contributed by atoms with E-state index in [0.29, 0.717) is 22.6 Å². The number of aromatic nitrogens is 4. The van der Waals surface area contributed by atoms with Crippen LogP contribution < -0.4 is 0 Å². The predicted octanol–water partition coefficient (Wildman–Crippen LogP) is 4.02. The maximum Gasteiger partial charge on any atom is 0.411 e. The number of nitrogens with zero attached hydrogens (tertiary/aromatic N) is 4. The summed E-state index contributed by atoms with van der Waals surface area (Å²) in [4.78, 5) is 8.89. The number of benzene rings is 2. The maximum absolute atomic E-state index is 12.2. The average Bonchev–Trinajstić information content (AvgIpc) is 3.06. The highest BCUT2D eigenvalue weighted by Gasteiger charge is 2.27. The molecule has 8 heteroatoms. The summed E-state index contributed by atoms with van der Waals surface area (Å²) in [5.74, 6) is 0.473. The second-order valence-corrected chi connectivity index (χ2v) is 5.77. The summed E-state index contributed by atoms with van der Waals surface area (Å²) in [6.45, 7) is -1.41. The monoisotopic (exact) mass is 358 g/mol. The third-order valence-corrected chi connectivity index (χ3v) is 3.80. The molecule has 4 aromatic rings. The Morgan fingerprint density at radius 1 is 1.04 bits per heavy atom. The van der Waals surface area contributed by atoms with Crippen molar-refractivity contribution in [2.75, 3.05) is 6.61 Å². The zero-order chi connectivity index (χ0) is 18.1. The maximum atomic E-state index is 12.2. The molecule has 2 aromatic carbocycles. The van der Waals surface area contributed by atoms with Gasteiger partial charge in [0.1, 0.15) is 12.9 Å². The van der Waals surface area contributed by atoms with Gasteiger partial charge < -0.3 is 4.74 Å². The first kappa shape index (κ1) is 16.5. The first-order valence-electron chi connectivity index (χ1n) is 7.83. The lowest BCUT2D eigenvalue weighted by Gasteiger charge is -2.08. The number of rotatable bonds is 4. The van der Waals surface area contributed by atoms with E-state index in [4.69, 9.17) is 4.74 Å². The van der Waals surface area contributed by atoms with E-state index in [1.54, 1.807) is 35.1 Å². The minimum Gasteiger partial charge on any atom is -0.367 e. The van der Waals surface area contributed by atoms with Gasteiger partial charge in [-0.25, -0.2) is 14.5 Å². The van der Waals surface area contributed by atoms with Gasteiger partial charge in [-0.2, -0.15) is 13.2 Å². The first-order chi connectivity index (χ1) is 12.5. The van der Waals surface area contributed by atoms with Crippen LogP contribution in [0.2, 0.25) is 0 Å². The van der Waals surface area contributed by atoms with Crippen LogP contribution in [-0.2, 0) is 11.3 Å². The summed E-state index contributed by atoms with van der Waals surface area (Å²) < 4.78 is 42.9. The summed E-state index contributed by atoms with van der Waals surface area (Å²) in [6.07, 6.45) is -2.75. The van der Waals surface area contributed by atoms with Crippen molar-refractivity contribution in [2.45, 2.75) is 12.8 Å². The predicted molar refractivity (Wildman–Crippen MR) is 89.4 cm³/mol. The average molecular weight is 358 g/mol. The number of halogens is 3. The van der Waals surface area contributed by atoms with Crippen molar-refractivity contribution >= 4 is 16.6 Å². The van der Waals surface area contributed by atoms with Gasteiger partial charge in [0.05, 0.1) is 12.1 Å². The first-order valence-corrected chi connectivity index (χ1v) is 7.83. The Hall–Kier alpha value is -3.00. The Kier molecular flexibility index (Phi) is 4.04. The molecule has 4 rings (SSSR count). The summed E-state index contributed by atoms with van der Waals surface area (Å²) in [7, 11) is 0. The Labute approximate surface area is 146 Å². The third-order valence-electron chi connectivity index (χ3n) is 3.80. The number of alkyl halides is 3. The van der Waals surface area contributed by atoms with E-state index in [1.165, 1.54) is 0 Å². The Morgan fingerprint density at radius 3 is 2.73 bits per heavy atom. The molecule has 0 N–H and O–H groups in total. The van der Waals surface area contributed by atoms with E-state index in [0.717, 1.165) is 10.9 Å². The summed E-state index contributed by atoms with van der Waals surface area (Å²) in [5, 5.41) is 5.29. The fourth-order valence-corrected chi connectivity index (χ4v) is 2.69. The van der Waals surface area contributed by atoms with E-state index in [-0.39, 0.29) is 6.61 Å². The third kappa shape index (κ3) is 3.36. The van der Waals surface area contributed by atoms with Crippen LogP contribution in [0.15, 0.2) is 54.9 Å². The van der Waals surface area contributed by atoms with E-state index < -0.39 is 12.8 Å². The van der Waals surface area contributed by atoms with E-state index >= 15 is 0 Å². The Morgan fingerprint density at radius 2 is 1.88 bits per heavy atom. The van der Waals surface area contributed by atoms with Gasteiger partial charge in [0.25, 0.3) is 0 Å². The van der Waals surface area contributed by atoms with Crippen molar-refractivity contribution in [2.24, 2.45) is 0 Å². The van der Waals surface area contributed by atoms with Crippen molar-refractivity contribution in [3.05, 3.63) is 60.4 Å². The van der Waals surface area contributed by atoms with Crippen molar-refractivity contribution < 1.29 is 17.9 Å². The van der Waals surface area contributed by atoms with Crippen LogP contribution in [0.3, 0.4) is 0 Å². The van der Waals surface area contributed by atoms with Crippen LogP contribution in [0.1, 0.15) is 5.56 Å². The molecule has 0 atom stereocenters. The van der Waals surface area contributed by atoms with Crippen LogP contribution in [0.4, 0.5) is 13.2 Å². The molecule has 0 aliphatic carbocycles. The van der Waals surface area contributed by atoms with Crippen molar-refractivity contribution in [1.82, 2.24) is 19.6 Å². The van der Waals surface area contributed by atoms with E-state index in [1.807, 2.05) is 24.3 Å². The lowest BCUT2D eigenvalue weighted by molar-refractivity contribution is -0.176. The fraction of sp³-hybridized carbons (Fsp3) is 0.167. The number of hydrogen-bond acceptors (Lipinski definition) is 4. The highest BCUT2D eigenvalue weighted by molar-refractivity contribution is 5.91. The highest BCUT2D eigenvalue weighted by Crippen LogP contribution is 2.22. The van der Waals surface area contributed by atoms with Crippen LogP contribution in [0.25, 0.3) is 27.9 Å². The fourth-order valence-electron chi connectivity index (χ4n) is 2.69. The van der Waals surface area contributed by atoms with Gasteiger partial charge in [-0.1, -0.05) is 30.3 Å². The molecule has 0 radical (unpaired) electrons. The summed E-state index contributed by atoms with van der Waals surface area (Å²) in [5.41, 5.74) is 2.80. The van der Waals surface area contributed by atoms with E-state index in [2.05, 4.69) is 15.1 Å². The van der Waals surface area contributed by atoms with Crippen LogP contribution in [-0.4, -0.2) is 32.4 Å². The van der Waals surface area contributed by atoms with Gasteiger partial charge in [0.15, 0.2) is 11.5 Å². The molecule has 0 unspecified atom stereocenters. The molecule has 0 spiro atoms. The molecule has 0 saturated heterocycles. The Bertz CT molecular complexity index is 1070. The molecule has 0 aliphatic heterocycles. The number of hydrogen-bond donors (Lipinski definition) is 0. The van der Waals surface area contributed by atoms with Crippen molar-refractivity contribution in [3.8, 4) is 11.4 Å². The summed E-state index contributed by atoms with van der Waals surface area (Å²) in [6, 6.07) is 14.6. The SMILES string of the molecule is FC(F)(F)COCc1cccc(-c2nc3c4ccccc4ncn3n2)c1. The minimum atomic E-state index is -4.34. The number of fused-ring (bicyclic) bond motifs is 3. The van der Waals surface area contributed by atoms with Gasteiger partial charge in [0, 0.05) is 10.9 Å². The molecule has 0 bridgehead atoms. The van der Waals surface area contributed by atoms with Gasteiger partial charge in [0.2, 0.25) is 0 Å². The quantitative estimate of drug-likeness (QED) is 0.553. The lowest BCUT2D eigenvalue weighted by Crippen LogP contribution is -2.16. The molecule has 0 fully saturated rings. The molecular weight excluding hydrogens is 345 g/mol. The molecular formula is C18H13F3N4O. The van der Waals surface area contributed by atoms with Gasteiger partial charge in [-0.15, -0.1) is 5.10 Å². The van der Waals surface area contributed by atoms with Gasteiger partial charge >= 0.3 is 6.18 Å². The molecule has 2 aromatic heterocycles. The molecule has 26 heavy (non-hydrogen) atoms. The second-order valence-electron chi connectivity index (χ2n) is 5.77. The minimum absolute atomic E-state index is 0.134. The molecule has 132 valence electrons. The number of ether oxygens (including phenoxy) is 1. The Balaban J connectivity index is 1.65. The van der Waals surface area contributed by atoms with Crippen molar-refractivity contribution in [3.63, 3.8) is 0 Å². The molecule has 2 heterocycles. The normalized spacial score (nSPS) is 12.1.